The van der Waals surface area contributed by atoms with Crippen LogP contribution in [0.2, 0.25) is 0 Å². The summed E-state index contributed by atoms with van der Waals surface area (Å²) in [5.41, 5.74) is 1.29. The van der Waals surface area contributed by atoms with Crippen molar-refractivity contribution in [2.45, 2.75) is 19.6 Å². The van der Waals surface area contributed by atoms with Crippen molar-refractivity contribution in [3.8, 4) is 5.75 Å². The minimum Gasteiger partial charge on any atom is -0.435 e. The van der Waals surface area contributed by atoms with Crippen molar-refractivity contribution in [2.75, 3.05) is 6.54 Å². The van der Waals surface area contributed by atoms with Crippen LogP contribution in [0.3, 0.4) is 0 Å². The first-order valence-electron chi connectivity index (χ1n) is 7.68. The minimum absolute atomic E-state index is 0.0636. The van der Waals surface area contributed by atoms with Crippen molar-refractivity contribution in [2.24, 2.45) is 0 Å². The minimum atomic E-state index is -2.86. The summed E-state index contributed by atoms with van der Waals surface area (Å²) in [6.07, 6.45) is 0.144. The van der Waals surface area contributed by atoms with Gasteiger partial charge in [0.1, 0.15) is 5.75 Å². The molecule has 0 aliphatic rings. The fourth-order valence-electron chi connectivity index (χ4n) is 2.06. The molecule has 0 bridgehead atoms. The van der Waals surface area contributed by atoms with Gasteiger partial charge < -0.3 is 15.4 Å². The SMILES string of the molecule is O=C(CCNC(=O)c1ccccc1)NCc1ccc(OC(F)F)cc1. The smallest absolute Gasteiger partial charge is 0.387 e. The van der Waals surface area contributed by atoms with Crippen LogP contribution >= 0.6 is 0 Å². The summed E-state index contributed by atoms with van der Waals surface area (Å²) in [5, 5.41) is 5.36. The van der Waals surface area contributed by atoms with Crippen LogP contribution in [0.1, 0.15) is 22.3 Å². The molecule has 0 saturated carbocycles. The maximum Gasteiger partial charge on any atom is 0.387 e. The van der Waals surface area contributed by atoms with Gasteiger partial charge in [-0.1, -0.05) is 30.3 Å². The van der Waals surface area contributed by atoms with Crippen molar-refractivity contribution in [1.29, 1.82) is 0 Å². The maximum atomic E-state index is 12.0. The second kappa shape index (κ2) is 9.36. The van der Waals surface area contributed by atoms with Crippen molar-refractivity contribution in [1.82, 2.24) is 10.6 Å². The fraction of sp³-hybridized carbons (Fsp3) is 0.222. The fourth-order valence-corrected chi connectivity index (χ4v) is 2.06. The van der Waals surface area contributed by atoms with E-state index in [1.54, 1.807) is 36.4 Å². The molecule has 0 radical (unpaired) electrons. The van der Waals surface area contributed by atoms with Crippen molar-refractivity contribution in [3.05, 3.63) is 65.7 Å². The molecule has 0 saturated heterocycles. The van der Waals surface area contributed by atoms with Gasteiger partial charge in [-0.25, -0.2) is 0 Å². The van der Waals surface area contributed by atoms with E-state index in [1.807, 2.05) is 6.07 Å². The molecule has 0 atom stereocenters. The van der Waals surface area contributed by atoms with E-state index in [2.05, 4.69) is 15.4 Å². The highest BCUT2D eigenvalue weighted by Gasteiger charge is 2.07. The molecule has 7 heteroatoms. The monoisotopic (exact) mass is 348 g/mol. The molecule has 25 heavy (non-hydrogen) atoms. The lowest BCUT2D eigenvalue weighted by Gasteiger charge is -2.08. The summed E-state index contributed by atoms with van der Waals surface area (Å²) in [6.45, 7) is -2.38. The van der Waals surface area contributed by atoms with Crippen LogP contribution < -0.4 is 15.4 Å². The Kier molecular flexibility index (Phi) is 6.88. The second-order valence-corrected chi connectivity index (χ2v) is 5.17. The number of hydrogen-bond donors (Lipinski definition) is 2. The number of alkyl halides is 2. The highest BCUT2D eigenvalue weighted by molar-refractivity contribution is 5.94. The number of halogens is 2. The van der Waals surface area contributed by atoms with Gasteiger partial charge in [0.2, 0.25) is 5.91 Å². The molecule has 0 heterocycles. The highest BCUT2D eigenvalue weighted by Crippen LogP contribution is 2.14. The van der Waals surface area contributed by atoms with Gasteiger partial charge in [-0.05, 0) is 29.8 Å². The van der Waals surface area contributed by atoms with Crippen molar-refractivity contribution < 1.29 is 23.1 Å². The topological polar surface area (TPSA) is 67.4 Å². The van der Waals surface area contributed by atoms with Gasteiger partial charge in [0.15, 0.2) is 0 Å². The van der Waals surface area contributed by atoms with Gasteiger partial charge in [-0.3, -0.25) is 9.59 Å². The van der Waals surface area contributed by atoms with Crippen molar-refractivity contribution >= 4 is 11.8 Å². The molecular weight excluding hydrogens is 330 g/mol. The van der Waals surface area contributed by atoms with Crippen LogP contribution in [0.15, 0.2) is 54.6 Å². The zero-order chi connectivity index (χ0) is 18.1. The summed E-state index contributed by atoms with van der Waals surface area (Å²) in [4.78, 5) is 23.6. The molecular formula is C18H18F2N2O3. The molecule has 2 aromatic carbocycles. The van der Waals surface area contributed by atoms with E-state index in [9.17, 15) is 18.4 Å². The first kappa shape index (κ1) is 18.4. The summed E-state index contributed by atoms with van der Waals surface area (Å²) >= 11 is 0. The molecule has 132 valence electrons. The first-order chi connectivity index (χ1) is 12.0. The summed E-state index contributed by atoms with van der Waals surface area (Å²) in [5.74, 6) is -0.391. The van der Waals surface area contributed by atoms with Crippen LogP contribution in [0.5, 0.6) is 5.75 Å². The Morgan fingerprint density at radius 1 is 0.960 bits per heavy atom. The number of carbonyl (C=O) groups is 2. The van der Waals surface area contributed by atoms with E-state index in [0.717, 1.165) is 5.56 Å². The lowest BCUT2D eigenvalue weighted by molar-refractivity contribution is -0.121. The number of ether oxygens (including phenoxy) is 1. The predicted octanol–water partition coefficient (Wildman–Crippen LogP) is 2.72. The van der Waals surface area contributed by atoms with Crippen LogP contribution in [-0.4, -0.2) is 25.0 Å². The maximum absolute atomic E-state index is 12.0. The van der Waals surface area contributed by atoms with E-state index >= 15 is 0 Å². The van der Waals surface area contributed by atoms with Crippen LogP contribution in [0, 0.1) is 0 Å². The third kappa shape index (κ3) is 6.58. The number of rotatable bonds is 8. The molecule has 0 aliphatic carbocycles. The van der Waals surface area contributed by atoms with Gasteiger partial charge in [-0.15, -0.1) is 0 Å². The second-order valence-electron chi connectivity index (χ2n) is 5.17. The van der Waals surface area contributed by atoms with Gasteiger partial charge in [0.05, 0.1) is 0 Å². The summed E-state index contributed by atoms with van der Waals surface area (Å²) in [7, 11) is 0. The number of benzene rings is 2. The summed E-state index contributed by atoms with van der Waals surface area (Å²) in [6, 6.07) is 14.7. The molecule has 0 fully saturated rings. The van der Waals surface area contributed by atoms with Crippen LogP contribution in [0.25, 0.3) is 0 Å². The lowest BCUT2D eigenvalue weighted by Crippen LogP contribution is -2.30. The molecule has 2 rings (SSSR count). The predicted molar refractivity (Wildman–Crippen MR) is 88.3 cm³/mol. The molecule has 5 nitrogen and oxygen atoms in total. The summed E-state index contributed by atoms with van der Waals surface area (Å²) < 4.78 is 28.3. The van der Waals surface area contributed by atoms with E-state index in [-0.39, 0.29) is 37.1 Å². The Morgan fingerprint density at radius 3 is 2.28 bits per heavy atom. The van der Waals surface area contributed by atoms with E-state index in [0.29, 0.717) is 5.56 Å². The van der Waals surface area contributed by atoms with E-state index in [1.165, 1.54) is 12.1 Å². The Balaban J connectivity index is 1.68. The average molecular weight is 348 g/mol. The Morgan fingerprint density at radius 2 is 1.64 bits per heavy atom. The molecule has 0 aliphatic heterocycles. The van der Waals surface area contributed by atoms with Crippen LogP contribution in [-0.2, 0) is 11.3 Å². The quantitative estimate of drug-likeness (QED) is 0.771. The molecule has 0 unspecified atom stereocenters. The average Bonchev–Trinajstić information content (AvgIpc) is 2.61. The molecule has 0 aromatic heterocycles. The normalized spacial score (nSPS) is 10.4. The molecule has 2 amide bonds. The molecule has 2 aromatic rings. The van der Waals surface area contributed by atoms with E-state index < -0.39 is 6.61 Å². The largest absolute Gasteiger partial charge is 0.435 e. The van der Waals surface area contributed by atoms with Crippen molar-refractivity contribution in [3.63, 3.8) is 0 Å². The van der Waals surface area contributed by atoms with Gasteiger partial charge in [-0.2, -0.15) is 8.78 Å². The molecule has 0 spiro atoms. The van der Waals surface area contributed by atoms with Gasteiger partial charge in [0, 0.05) is 25.1 Å². The van der Waals surface area contributed by atoms with Gasteiger partial charge in [0.25, 0.3) is 5.91 Å². The highest BCUT2D eigenvalue weighted by atomic mass is 19.3. The Bertz CT molecular complexity index is 691. The van der Waals surface area contributed by atoms with Gasteiger partial charge >= 0.3 is 6.61 Å². The Hall–Kier alpha value is -2.96. The number of carbonyl (C=O) groups excluding carboxylic acids is 2. The Labute approximate surface area is 144 Å². The number of nitrogens with one attached hydrogen (secondary N) is 2. The van der Waals surface area contributed by atoms with Crippen LogP contribution in [0.4, 0.5) is 8.78 Å². The third-order valence-corrected chi connectivity index (χ3v) is 3.31. The third-order valence-electron chi connectivity index (χ3n) is 3.31. The first-order valence-corrected chi connectivity index (χ1v) is 7.68. The standard InChI is InChI=1S/C18H18F2N2O3/c19-18(20)25-15-8-6-13(7-9-15)12-22-16(23)10-11-21-17(24)14-4-2-1-3-5-14/h1-9,18H,10-12H2,(H,21,24)(H,22,23). The lowest BCUT2D eigenvalue weighted by atomic mass is 10.2. The zero-order valence-corrected chi connectivity index (χ0v) is 13.4. The molecule has 2 N–H and O–H groups in total. The zero-order valence-electron chi connectivity index (χ0n) is 13.4. The van der Waals surface area contributed by atoms with E-state index in [4.69, 9.17) is 0 Å². The number of amides is 2. The number of hydrogen-bond acceptors (Lipinski definition) is 3.